The van der Waals surface area contributed by atoms with Crippen molar-refractivity contribution in [3.63, 3.8) is 0 Å². The highest BCUT2D eigenvalue weighted by Crippen LogP contribution is 2.19. The van der Waals surface area contributed by atoms with E-state index < -0.39 is 0 Å². The summed E-state index contributed by atoms with van der Waals surface area (Å²) in [4.78, 5) is 0. The van der Waals surface area contributed by atoms with Gasteiger partial charge in [-0.1, -0.05) is 48.9 Å². The zero-order chi connectivity index (χ0) is 15.8. The first-order valence-electron chi connectivity index (χ1n) is 8.24. The highest BCUT2D eigenvalue weighted by Gasteiger charge is 1.99. The van der Waals surface area contributed by atoms with Crippen LogP contribution >= 0.6 is 0 Å². The molecule has 2 rings (SSSR count). The fourth-order valence-electron chi connectivity index (χ4n) is 2.66. The van der Waals surface area contributed by atoms with Gasteiger partial charge in [0.25, 0.3) is 0 Å². The molecule has 116 valence electrons. The standard InChI is InChI=1S/C21H27N/c1-17-16-21(22)18(2)15-20(17)14-10-5-3-4-7-11-19-12-8-6-9-13-19/h6,8-10,12-16H,3-5,7,11,22H2,1-2H3/b14-10-. The number of hydrogen-bond donors (Lipinski definition) is 1. The molecule has 0 aromatic heterocycles. The van der Waals surface area contributed by atoms with Gasteiger partial charge in [-0.15, -0.1) is 0 Å². The highest BCUT2D eigenvalue weighted by molar-refractivity contribution is 5.61. The average Bonchev–Trinajstić information content (AvgIpc) is 2.52. The van der Waals surface area contributed by atoms with Crippen LogP contribution in [-0.4, -0.2) is 0 Å². The second-order valence-corrected chi connectivity index (χ2v) is 6.05. The number of benzene rings is 2. The summed E-state index contributed by atoms with van der Waals surface area (Å²) in [5.74, 6) is 0. The minimum absolute atomic E-state index is 0.885. The van der Waals surface area contributed by atoms with Gasteiger partial charge in [0.15, 0.2) is 0 Å². The molecular weight excluding hydrogens is 266 g/mol. The molecule has 0 unspecified atom stereocenters. The van der Waals surface area contributed by atoms with Gasteiger partial charge < -0.3 is 5.73 Å². The molecule has 0 aliphatic rings. The van der Waals surface area contributed by atoms with E-state index >= 15 is 0 Å². The van der Waals surface area contributed by atoms with Crippen molar-refractivity contribution in [3.8, 4) is 0 Å². The Morgan fingerprint density at radius 3 is 2.45 bits per heavy atom. The predicted molar refractivity (Wildman–Crippen MR) is 98.0 cm³/mol. The monoisotopic (exact) mass is 293 g/mol. The topological polar surface area (TPSA) is 26.0 Å². The number of allylic oxidation sites excluding steroid dienone is 1. The lowest BCUT2D eigenvalue weighted by molar-refractivity contribution is 0.687. The third kappa shape index (κ3) is 5.07. The summed E-state index contributed by atoms with van der Waals surface area (Å²) in [7, 11) is 0. The lowest BCUT2D eigenvalue weighted by Gasteiger charge is -2.06. The van der Waals surface area contributed by atoms with E-state index in [2.05, 4.69) is 68.5 Å². The fraction of sp³-hybridized carbons (Fsp3) is 0.333. The Kier molecular flexibility index (Phi) is 6.27. The second-order valence-electron chi connectivity index (χ2n) is 6.05. The molecule has 0 fully saturated rings. The zero-order valence-electron chi connectivity index (χ0n) is 13.8. The van der Waals surface area contributed by atoms with Crippen molar-refractivity contribution < 1.29 is 0 Å². The van der Waals surface area contributed by atoms with Crippen LogP contribution in [0, 0.1) is 13.8 Å². The van der Waals surface area contributed by atoms with Gasteiger partial charge in [-0.05, 0) is 73.9 Å². The molecule has 0 bridgehead atoms. The molecule has 2 aromatic rings. The molecule has 2 N–H and O–H groups in total. The summed E-state index contributed by atoms with van der Waals surface area (Å²) < 4.78 is 0. The first kappa shape index (κ1) is 16.4. The van der Waals surface area contributed by atoms with E-state index in [1.165, 1.54) is 42.4 Å². The number of unbranched alkanes of at least 4 members (excludes halogenated alkanes) is 3. The zero-order valence-corrected chi connectivity index (χ0v) is 13.8. The van der Waals surface area contributed by atoms with Crippen LogP contribution in [0.5, 0.6) is 0 Å². The Bertz CT molecular complexity index is 611. The Hall–Kier alpha value is -2.02. The molecule has 2 aromatic carbocycles. The molecule has 0 aliphatic heterocycles. The SMILES string of the molecule is Cc1cc(/C=C\CCCCCc2ccccc2)c(C)cc1N. The average molecular weight is 293 g/mol. The maximum atomic E-state index is 5.92. The number of hydrogen-bond acceptors (Lipinski definition) is 1. The molecule has 0 radical (unpaired) electrons. The van der Waals surface area contributed by atoms with Crippen molar-refractivity contribution in [1.29, 1.82) is 0 Å². The molecule has 22 heavy (non-hydrogen) atoms. The molecule has 0 amide bonds. The lowest BCUT2D eigenvalue weighted by Crippen LogP contribution is -1.92. The summed E-state index contributed by atoms with van der Waals surface area (Å²) in [6.45, 7) is 4.19. The van der Waals surface area contributed by atoms with Crippen LogP contribution < -0.4 is 5.73 Å². The van der Waals surface area contributed by atoms with Crippen molar-refractivity contribution >= 4 is 11.8 Å². The van der Waals surface area contributed by atoms with E-state index in [0.29, 0.717) is 0 Å². The van der Waals surface area contributed by atoms with Gasteiger partial charge in [0.1, 0.15) is 0 Å². The summed E-state index contributed by atoms with van der Waals surface area (Å²) in [6, 6.07) is 15.0. The smallest absolute Gasteiger partial charge is 0.0346 e. The van der Waals surface area contributed by atoms with Crippen LogP contribution in [0.1, 0.15) is 47.9 Å². The van der Waals surface area contributed by atoms with Crippen molar-refractivity contribution in [3.05, 3.63) is 70.8 Å². The molecule has 0 saturated heterocycles. The van der Waals surface area contributed by atoms with Gasteiger partial charge in [-0.2, -0.15) is 0 Å². The molecule has 0 atom stereocenters. The quantitative estimate of drug-likeness (QED) is 0.514. The first-order chi connectivity index (χ1) is 10.7. The molecule has 1 heteroatoms. The Balaban J connectivity index is 1.69. The van der Waals surface area contributed by atoms with Gasteiger partial charge >= 0.3 is 0 Å². The van der Waals surface area contributed by atoms with Gasteiger partial charge in [0, 0.05) is 5.69 Å². The van der Waals surface area contributed by atoms with Gasteiger partial charge in [-0.25, -0.2) is 0 Å². The van der Waals surface area contributed by atoms with E-state index in [4.69, 9.17) is 5.73 Å². The maximum Gasteiger partial charge on any atom is 0.0346 e. The third-order valence-electron chi connectivity index (χ3n) is 4.13. The van der Waals surface area contributed by atoms with Crippen LogP contribution in [-0.2, 0) is 6.42 Å². The number of anilines is 1. The number of rotatable bonds is 7. The van der Waals surface area contributed by atoms with Crippen molar-refractivity contribution in [2.45, 2.75) is 46.0 Å². The minimum Gasteiger partial charge on any atom is -0.399 e. The Labute approximate surface area is 134 Å². The van der Waals surface area contributed by atoms with E-state index in [1.54, 1.807) is 0 Å². The molecule has 0 spiro atoms. The fourth-order valence-corrected chi connectivity index (χ4v) is 2.66. The van der Waals surface area contributed by atoms with Crippen LogP contribution in [0.15, 0.2) is 48.5 Å². The molecular formula is C21H27N. The molecule has 0 saturated carbocycles. The number of nitrogen functional groups attached to an aromatic ring is 1. The van der Waals surface area contributed by atoms with E-state index in [9.17, 15) is 0 Å². The molecule has 0 heterocycles. The van der Waals surface area contributed by atoms with Crippen LogP contribution in [0.4, 0.5) is 5.69 Å². The summed E-state index contributed by atoms with van der Waals surface area (Å²) in [6.07, 6.45) is 10.7. The van der Waals surface area contributed by atoms with Gasteiger partial charge in [0.05, 0.1) is 0 Å². The van der Waals surface area contributed by atoms with E-state index in [1.807, 2.05) is 0 Å². The third-order valence-corrected chi connectivity index (χ3v) is 4.13. The van der Waals surface area contributed by atoms with Crippen molar-refractivity contribution in [1.82, 2.24) is 0 Å². The van der Waals surface area contributed by atoms with Gasteiger partial charge in [0.2, 0.25) is 0 Å². The predicted octanol–water partition coefficient (Wildman–Crippen LogP) is 5.70. The molecule has 0 aliphatic carbocycles. The Morgan fingerprint density at radius 2 is 1.68 bits per heavy atom. The largest absolute Gasteiger partial charge is 0.399 e. The summed E-state index contributed by atoms with van der Waals surface area (Å²) in [5, 5.41) is 0. The van der Waals surface area contributed by atoms with Crippen LogP contribution in [0.3, 0.4) is 0 Å². The lowest BCUT2D eigenvalue weighted by atomic mass is 10.0. The number of nitrogens with two attached hydrogens (primary N) is 1. The van der Waals surface area contributed by atoms with Crippen molar-refractivity contribution in [2.24, 2.45) is 0 Å². The van der Waals surface area contributed by atoms with Crippen molar-refractivity contribution in [2.75, 3.05) is 5.73 Å². The Morgan fingerprint density at radius 1 is 0.909 bits per heavy atom. The minimum atomic E-state index is 0.885. The molecule has 1 nitrogen and oxygen atoms in total. The maximum absolute atomic E-state index is 5.92. The normalized spacial score (nSPS) is 11.2. The van der Waals surface area contributed by atoms with Crippen LogP contribution in [0.2, 0.25) is 0 Å². The summed E-state index contributed by atoms with van der Waals surface area (Å²) in [5.41, 5.74) is 12.0. The van der Waals surface area contributed by atoms with Gasteiger partial charge in [-0.3, -0.25) is 0 Å². The highest BCUT2D eigenvalue weighted by atomic mass is 14.6. The number of aryl methyl sites for hydroxylation is 3. The second kappa shape index (κ2) is 8.43. The summed E-state index contributed by atoms with van der Waals surface area (Å²) >= 11 is 0. The first-order valence-corrected chi connectivity index (χ1v) is 8.24. The van der Waals surface area contributed by atoms with Crippen LogP contribution in [0.25, 0.3) is 6.08 Å². The van der Waals surface area contributed by atoms with E-state index in [-0.39, 0.29) is 0 Å². The van der Waals surface area contributed by atoms with E-state index in [0.717, 1.165) is 17.7 Å².